The van der Waals surface area contributed by atoms with Crippen LogP contribution >= 0.6 is 0 Å². The molecule has 0 unspecified atom stereocenters. The van der Waals surface area contributed by atoms with Crippen LogP contribution in [-0.2, 0) is 0 Å². The third kappa shape index (κ3) is 1.23. The molecule has 2 heteroatoms. The topological polar surface area (TPSA) is 46.2 Å². The van der Waals surface area contributed by atoms with Gasteiger partial charge in [-0.25, -0.2) is 0 Å². The first-order valence-corrected chi connectivity index (χ1v) is 5.43. The summed E-state index contributed by atoms with van der Waals surface area (Å²) in [4.78, 5) is 0. The van der Waals surface area contributed by atoms with Crippen molar-refractivity contribution in [3.8, 4) is 0 Å². The molecule has 2 nitrogen and oxygen atoms in total. The molecule has 0 radical (unpaired) electrons. The van der Waals surface area contributed by atoms with Crippen LogP contribution in [0.3, 0.4) is 0 Å². The van der Waals surface area contributed by atoms with Crippen molar-refractivity contribution in [2.24, 2.45) is 28.9 Å². The standard InChI is InChI=1S/C11H21NO/c1-11(2)8-5-7(3-4-13)10(12)9(11)6-8/h7-10,13H,3-6,12H2,1-2H3/t7-,8-,9-,10+/m1/s1. The second-order valence-corrected chi connectivity index (χ2v) is 5.45. The smallest absolute Gasteiger partial charge is 0.0434 e. The lowest BCUT2D eigenvalue weighted by Gasteiger charge is -2.61. The van der Waals surface area contributed by atoms with Gasteiger partial charge in [-0.2, -0.15) is 0 Å². The van der Waals surface area contributed by atoms with Gasteiger partial charge < -0.3 is 10.8 Å². The molecule has 3 saturated carbocycles. The molecule has 0 aromatic carbocycles. The number of hydrogen-bond acceptors (Lipinski definition) is 2. The van der Waals surface area contributed by atoms with Crippen molar-refractivity contribution in [3.05, 3.63) is 0 Å². The lowest BCUT2D eigenvalue weighted by atomic mass is 9.45. The maximum atomic E-state index is 8.91. The number of nitrogens with two attached hydrogens (primary N) is 1. The summed E-state index contributed by atoms with van der Waals surface area (Å²) in [6, 6.07) is 0.340. The second-order valence-electron chi connectivity index (χ2n) is 5.45. The van der Waals surface area contributed by atoms with Crippen LogP contribution in [-0.4, -0.2) is 17.8 Å². The van der Waals surface area contributed by atoms with Crippen LogP contribution in [0.25, 0.3) is 0 Å². The summed E-state index contributed by atoms with van der Waals surface area (Å²) in [5, 5.41) is 8.91. The van der Waals surface area contributed by atoms with Crippen LogP contribution < -0.4 is 5.73 Å². The first-order chi connectivity index (χ1) is 6.07. The summed E-state index contributed by atoms with van der Waals surface area (Å²) in [7, 11) is 0. The van der Waals surface area contributed by atoms with Crippen LogP contribution in [0, 0.1) is 23.2 Å². The molecule has 0 heterocycles. The summed E-state index contributed by atoms with van der Waals surface area (Å²) >= 11 is 0. The second kappa shape index (κ2) is 2.96. The summed E-state index contributed by atoms with van der Waals surface area (Å²) in [5.74, 6) is 2.17. The van der Waals surface area contributed by atoms with E-state index in [2.05, 4.69) is 13.8 Å². The summed E-state index contributed by atoms with van der Waals surface area (Å²) < 4.78 is 0. The quantitative estimate of drug-likeness (QED) is 0.679. The van der Waals surface area contributed by atoms with Crippen LogP contribution in [0.4, 0.5) is 0 Å². The van der Waals surface area contributed by atoms with Crippen molar-refractivity contribution in [1.29, 1.82) is 0 Å². The van der Waals surface area contributed by atoms with E-state index in [-0.39, 0.29) is 0 Å². The number of hydrogen-bond donors (Lipinski definition) is 2. The highest BCUT2D eigenvalue weighted by Crippen LogP contribution is 2.60. The lowest BCUT2D eigenvalue weighted by molar-refractivity contribution is -0.107. The largest absolute Gasteiger partial charge is 0.396 e. The molecular formula is C11H21NO. The van der Waals surface area contributed by atoms with Gasteiger partial charge in [0.25, 0.3) is 0 Å². The predicted molar refractivity (Wildman–Crippen MR) is 53.2 cm³/mol. The van der Waals surface area contributed by atoms with E-state index < -0.39 is 0 Å². The third-order valence-corrected chi connectivity index (χ3v) is 4.64. The molecule has 4 atom stereocenters. The van der Waals surface area contributed by atoms with E-state index in [1.807, 2.05) is 0 Å². The molecule has 13 heavy (non-hydrogen) atoms. The molecule has 3 fully saturated rings. The molecule has 0 spiro atoms. The fraction of sp³-hybridized carbons (Fsp3) is 1.00. The van der Waals surface area contributed by atoms with Crippen LogP contribution in [0.5, 0.6) is 0 Å². The maximum Gasteiger partial charge on any atom is 0.0434 e. The molecule has 0 aliphatic heterocycles. The van der Waals surface area contributed by atoms with Gasteiger partial charge in [0.05, 0.1) is 0 Å². The minimum atomic E-state index is 0.304. The van der Waals surface area contributed by atoms with Gasteiger partial charge in [0.2, 0.25) is 0 Å². The Morgan fingerprint density at radius 2 is 2.08 bits per heavy atom. The highest BCUT2D eigenvalue weighted by molar-refractivity contribution is 5.07. The van der Waals surface area contributed by atoms with Crippen molar-refractivity contribution in [1.82, 2.24) is 0 Å². The monoisotopic (exact) mass is 183 g/mol. The number of aliphatic hydroxyl groups excluding tert-OH is 1. The fourth-order valence-electron chi connectivity index (χ4n) is 3.44. The molecule has 2 bridgehead atoms. The van der Waals surface area contributed by atoms with E-state index in [0.717, 1.165) is 12.3 Å². The molecule has 3 rings (SSSR count). The normalized spacial score (nSPS) is 47.1. The number of rotatable bonds is 2. The van der Waals surface area contributed by atoms with Gasteiger partial charge >= 0.3 is 0 Å². The van der Waals surface area contributed by atoms with Crippen molar-refractivity contribution >= 4 is 0 Å². The SMILES string of the molecule is CC1(C)[C@@H]2C[C@@H](CCO)[C@H](N)[C@H]1C2. The van der Waals surface area contributed by atoms with Crippen LogP contribution in [0.2, 0.25) is 0 Å². The first kappa shape index (κ1) is 9.47. The minimum Gasteiger partial charge on any atom is -0.396 e. The van der Waals surface area contributed by atoms with Crippen molar-refractivity contribution < 1.29 is 5.11 Å². The van der Waals surface area contributed by atoms with E-state index in [0.29, 0.717) is 29.9 Å². The Labute approximate surface area is 80.5 Å². The Morgan fingerprint density at radius 3 is 2.54 bits per heavy atom. The molecule has 0 amide bonds. The van der Waals surface area contributed by atoms with E-state index in [4.69, 9.17) is 10.8 Å². The highest BCUT2D eigenvalue weighted by Gasteiger charge is 2.56. The maximum absolute atomic E-state index is 8.91. The van der Waals surface area contributed by atoms with Gasteiger partial charge in [-0.15, -0.1) is 0 Å². The Bertz CT molecular complexity index is 202. The zero-order valence-corrected chi connectivity index (χ0v) is 8.66. The van der Waals surface area contributed by atoms with Gasteiger partial charge in [0.15, 0.2) is 0 Å². The molecule has 3 aliphatic carbocycles. The number of fused-ring (bicyclic) bond motifs is 2. The van der Waals surface area contributed by atoms with Crippen LogP contribution in [0.15, 0.2) is 0 Å². The Hall–Kier alpha value is -0.0800. The van der Waals surface area contributed by atoms with Gasteiger partial charge in [0, 0.05) is 12.6 Å². The summed E-state index contributed by atoms with van der Waals surface area (Å²) in [6.07, 6.45) is 3.48. The van der Waals surface area contributed by atoms with E-state index >= 15 is 0 Å². The van der Waals surface area contributed by atoms with Crippen molar-refractivity contribution in [3.63, 3.8) is 0 Å². The Kier molecular flexibility index (Phi) is 2.16. The Morgan fingerprint density at radius 1 is 1.38 bits per heavy atom. The summed E-state index contributed by atoms with van der Waals surface area (Å²) in [5.41, 5.74) is 6.69. The third-order valence-electron chi connectivity index (χ3n) is 4.64. The van der Waals surface area contributed by atoms with Gasteiger partial charge in [-0.3, -0.25) is 0 Å². The summed E-state index contributed by atoms with van der Waals surface area (Å²) in [6.45, 7) is 5.00. The zero-order chi connectivity index (χ0) is 9.64. The molecule has 3 aliphatic rings. The zero-order valence-electron chi connectivity index (χ0n) is 8.66. The van der Waals surface area contributed by atoms with Crippen molar-refractivity contribution in [2.75, 3.05) is 6.61 Å². The average Bonchev–Trinajstić information content (AvgIpc) is 2.08. The molecular weight excluding hydrogens is 162 g/mol. The van der Waals surface area contributed by atoms with Crippen LogP contribution in [0.1, 0.15) is 33.1 Å². The lowest BCUT2D eigenvalue weighted by Crippen LogP contribution is -2.61. The van der Waals surface area contributed by atoms with E-state index in [1.54, 1.807) is 0 Å². The van der Waals surface area contributed by atoms with E-state index in [9.17, 15) is 0 Å². The molecule has 0 aromatic heterocycles. The van der Waals surface area contributed by atoms with Gasteiger partial charge in [0.1, 0.15) is 0 Å². The first-order valence-electron chi connectivity index (χ1n) is 5.43. The Balaban J connectivity index is 2.03. The predicted octanol–water partition coefficient (Wildman–Crippen LogP) is 1.38. The van der Waals surface area contributed by atoms with E-state index in [1.165, 1.54) is 12.8 Å². The molecule has 3 N–H and O–H groups in total. The molecule has 76 valence electrons. The van der Waals surface area contributed by atoms with Gasteiger partial charge in [-0.1, -0.05) is 13.8 Å². The molecule has 0 aromatic rings. The molecule has 0 saturated heterocycles. The average molecular weight is 183 g/mol. The van der Waals surface area contributed by atoms with Gasteiger partial charge in [-0.05, 0) is 42.4 Å². The number of aliphatic hydroxyl groups is 1. The van der Waals surface area contributed by atoms with Crippen molar-refractivity contribution in [2.45, 2.75) is 39.2 Å². The minimum absolute atomic E-state index is 0.304. The highest BCUT2D eigenvalue weighted by atomic mass is 16.3. The fourth-order valence-corrected chi connectivity index (χ4v) is 3.44.